The number of rotatable bonds is 5. The summed E-state index contributed by atoms with van der Waals surface area (Å²) >= 11 is 1.38. The van der Waals surface area contributed by atoms with E-state index in [1.165, 1.54) is 22.0 Å². The normalized spacial score (nSPS) is 12.4. The minimum atomic E-state index is -0.141. The summed E-state index contributed by atoms with van der Waals surface area (Å²) in [5.41, 5.74) is 2.06. The van der Waals surface area contributed by atoms with Crippen LogP contribution in [0.1, 0.15) is 23.6 Å². The van der Waals surface area contributed by atoms with Crippen LogP contribution in [0.5, 0.6) is 0 Å². The molecule has 0 amide bonds. The molecule has 0 saturated carbocycles. The minimum Gasteiger partial charge on any atom is -0.461 e. The summed E-state index contributed by atoms with van der Waals surface area (Å²) in [5.74, 6) is 8.06. The Bertz CT molecular complexity index is 1010. The van der Waals surface area contributed by atoms with Crippen molar-refractivity contribution in [1.29, 1.82) is 0 Å². The molecule has 26 heavy (non-hydrogen) atoms. The molecule has 9 heteroatoms. The molecule has 0 aliphatic carbocycles. The van der Waals surface area contributed by atoms with Gasteiger partial charge in [0.15, 0.2) is 5.76 Å². The van der Waals surface area contributed by atoms with E-state index in [1.54, 1.807) is 18.4 Å². The van der Waals surface area contributed by atoms with Gasteiger partial charge in [-0.05, 0) is 38.1 Å². The van der Waals surface area contributed by atoms with Crippen molar-refractivity contribution in [3.05, 3.63) is 54.1 Å². The highest BCUT2D eigenvalue weighted by atomic mass is 32.2. The quantitative estimate of drug-likeness (QED) is 0.421. The summed E-state index contributed by atoms with van der Waals surface area (Å²) in [6, 6.07) is 11.5. The average molecular weight is 368 g/mol. The number of hydrogen-bond acceptors (Lipinski definition) is 8. The van der Waals surface area contributed by atoms with Gasteiger partial charge in [0.2, 0.25) is 22.8 Å². The lowest BCUT2D eigenvalue weighted by Crippen LogP contribution is -2.11. The van der Waals surface area contributed by atoms with Crippen LogP contribution in [0, 0.1) is 6.92 Å². The number of aryl methyl sites for hydroxylation is 1. The molecule has 0 aliphatic rings. The van der Waals surface area contributed by atoms with E-state index < -0.39 is 0 Å². The first-order valence-electron chi connectivity index (χ1n) is 7.93. The average Bonchev–Trinajstić information content (AvgIpc) is 3.37. The van der Waals surface area contributed by atoms with Gasteiger partial charge >= 0.3 is 0 Å². The highest BCUT2D eigenvalue weighted by Crippen LogP contribution is 2.34. The molecule has 132 valence electrons. The number of nitrogens with zero attached hydrogens (tertiary/aromatic N) is 5. The number of benzene rings is 1. The Morgan fingerprint density at radius 3 is 2.62 bits per heavy atom. The van der Waals surface area contributed by atoms with Gasteiger partial charge in [0.1, 0.15) is 0 Å². The van der Waals surface area contributed by atoms with Gasteiger partial charge in [0.25, 0.3) is 0 Å². The zero-order valence-electron chi connectivity index (χ0n) is 14.2. The number of nitrogen functional groups attached to an aromatic ring is 1. The second-order valence-corrected chi connectivity index (χ2v) is 7.03. The molecule has 1 unspecified atom stereocenters. The van der Waals surface area contributed by atoms with E-state index in [1.807, 2.05) is 38.1 Å². The molecule has 0 spiro atoms. The van der Waals surface area contributed by atoms with Crippen molar-refractivity contribution in [1.82, 2.24) is 25.1 Å². The molecule has 0 saturated heterocycles. The highest BCUT2D eigenvalue weighted by molar-refractivity contribution is 7.99. The molecular weight excluding hydrogens is 352 g/mol. The Hall–Kier alpha value is -3.07. The summed E-state index contributed by atoms with van der Waals surface area (Å²) < 4.78 is 12.5. The Labute approximate surface area is 153 Å². The third-order valence-electron chi connectivity index (χ3n) is 3.78. The molecular formula is C17H16N6O2S. The van der Waals surface area contributed by atoms with Crippen LogP contribution >= 0.6 is 11.8 Å². The van der Waals surface area contributed by atoms with Crippen LogP contribution < -0.4 is 5.84 Å². The molecule has 3 aromatic heterocycles. The van der Waals surface area contributed by atoms with Crippen LogP contribution in [0.4, 0.5) is 0 Å². The Kier molecular flexibility index (Phi) is 4.21. The van der Waals surface area contributed by atoms with Gasteiger partial charge in [-0.25, -0.2) is 4.68 Å². The standard InChI is InChI=1S/C17H16N6O2S/c1-10-5-7-12(8-6-10)16-21-20-15(25-16)11(2)26-17-22-19-14(23(17)18)13-4-3-9-24-13/h3-9,11H,18H2,1-2H3. The first-order valence-corrected chi connectivity index (χ1v) is 8.81. The van der Waals surface area contributed by atoms with Crippen molar-refractivity contribution in [2.24, 2.45) is 0 Å². The van der Waals surface area contributed by atoms with Gasteiger partial charge in [-0.1, -0.05) is 29.5 Å². The van der Waals surface area contributed by atoms with Crippen molar-refractivity contribution < 1.29 is 8.83 Å². The Balaban J connectivity index is 1.52. The smallest absolute Gasteiger partial charge is 0.247 e. The van der Waals surface area contributed by atoms with Crippen molar-refractivity contribution in [3.63, 3.8) is 0 Å². The minimum absolute atomic E-state index is 0.141. The van der Waals surface area contributed by atoms with E-state index in [9.17, 15) is 0 Å². The predicted octanol–water partition coefficient (Wildman–Crippen LogP) is 3.46. The van der Waals surface area contributed by atoms with Crippen molar-refractivity contribution in [2.45, 2.75) is 24.3 Å². The zero-order chi connectivity index (χ0) is 18.1. The van der Waals surface area contributed by atoms with Crippen LogP contribution in [-0.2, 0) is 0 Å². The van der Waals surface area contributed by atoms with Crippen LogP contribution in [0.15, 0.2) is 56.7 Å². The third kappa shape index (κ3) is 3.08. The fraction of sp³-hybridized carbons (Fsp3) is 0.176. The number of aromatic nitrogens is 5. The van der Waals surface area contributed by atoms with Crippen LogP contribution in [0.3, 0.4) is 0 Å². The highest BCUT2D eigenvalue weighted by Gasteiger charge is 2.21. The van der Waals surface area contributed by atoms with E-state index in [2.05, 4.69) is 20.4 Å². The number of thioether (sulfide) groups is 1. The fourth-order valence-electron chi connectivity index (χ4n) is 2.35. The van der Waals surface area contributed by atoms with Gasteiger partial charge in [-0.3, -0.25) is 0 Å². The van der Waals surface area contributed by atoms with Crippen molar-refractivity contribution in [2.75, 3.05) is 5.84 Å². The topological polar surface area (TPSA) is 109 Å². The number of hydrogen-bond donors (Lipinski definition) is 1. The predicted molar refractivity (Wildman–Crippen MR) is 96.6 cm³/mol. The van der Waals surface area contributed by atoms with Crippen molar-refractivity contribution in [3.8, 4) is 23.0 Å². The summed E-state index contributed by atoms with van der Waals surface area (Å²) in [4.78, 5) is 0. The molecule has 1 aromatic carbocycles. The first kappa shape index (κ1) is 16.4. The lowest BCUT2D eigenvalue weighted by atomic mass is 10.1. The van der Waals surface area contributed by atoms with E-state index in [4.69, 9.17) is 14.7 Å². The van der Waals surface area contributed by atoms with Gasteiger partial charge in [0, 0.05) is 5.56 Å². The molecule has 4 aromatic rings. The molecule has 3 heterocycles. The molecule has 1 atom stereocenters. The van der Waals surface area contributed by atoms with Gasteiger partial charge in [0.05, 0.1) is 11.5 Å². The van der Waals surface area contributed by atoms with Crippen LogP contribution in [0.25, 0.3) is 23.0 Å². The van der Waals surface area contributed by atoms with E-state index in [0.717, 1.165) is 5.56 Å². The van der Waals surface area contributed by atoms with Crippen molar-refractivity contribution >= 4 is 11.8 Å². The Morgan fingerprint density at radius 1 is 1.08 bits per heavy atom. The summed E-state index contributed by atoms with van der Waals surface area (Å²) in [6.07, 6.45) is 1.56. The number of furan rings is 1. The summed E-state index contributed by atoms with van der Waals surface area (Å²) in [6.45, 7) is 3.97. The van der Waals surface area contributed by atoms with Gasteiger partial charge in [-0.15, -0.1) is 20.4 Å². The van der Waals surface area contributed by atoms with Gasteiger partial charge in [-0.2, -0.15) is 0 Å². The molecule has 0 bridgehead atoms. The maximum atomic E-state index is 6.08. The molecule has 8 nitrogen and oxygen atoms in total. The fourth-order valence-corrected chi connectivity index (χ4v) is 3.15. The zero-order valence-corrected chi connectivity index (χ0v) is 15.0. The maximum Gasteiger partial charge on any atom is 0.247 e. The van der Waals surface area contributed by atoms with E-state index in [-0.39, 0.29) is 5.25 Å². The maximum absolute atomic E-state index is 6.08. The molecule has 0 aliphatic heterocycles. The van der Waals surface area contributed by atoms with Crippen LogP contribution in [-0.4, -0.2) is 25.1 Å². The monoisotopic (exact) mass is 368 g/mol. The lowest BCUT2D eigenvalue weighted by Gasteiger charge is -2.06. The summed E-state index contributed by atoms with van der Waals surface area (Å²) in [7, 11) is 0. The van der Waals surface area contributed by atoms with E-state index >= 15 is 0 Å². The first-order chi connectivity index (χ1) is 12.6. The lowest BCUT2D eigenvalue weighted by molar-refractivity contribution is 0.509. The second kappa shape index (κ2) is 6.68. The van der Waals surface area contributed by atoms with Gasteiger partial charge < -0.3 is 14.7 Å². The SMILES string of the molecule is Cc1ccc(-c2nnc(C(C)Sc3nnc(-c4ccco4)n3N)o2)cc1. The molecule has 4 rings (SSSR count). The second-order valence-electron chi connectivity index (χ2n) is 5.73. The molecule has 2 N–H and O–H groups in total. The molecule has 0 fully saturated rings. The van der Waals surface area contributed by atoms with Crippen LogP contribution in [0.2, 0.25) is 0 Å². The number of nitrogens with two attached hydrogens (primary N) is 1. The van der Waals surface area contributed by atoms with E-state index in [0.29, 0.717) is 28.5 Å². The largest absolute Gasteiger partial charge is 0.461 e. The summed E-state index contributed by atoms with van der Waals surface area (Å²) in [5, 5.41) is 16.8. The third-order valence-corrected chi connectivity index (χ3v) is 4.82. The molecule has 0 radical (unpaired) electrons. The Morgan fingerprint density at radius 2 is 1.88 bits per heavy atom.